The average molecular weight is 350 g/mol. The van der Waals surface area contributed by atoms with Crippen LogP contribution in [0.4, 0.5) is 5.82 Å². The van der Waals surface area contributed by atoms with E-state index < -0.39 is 15.7 Å². The lowest BCUT2D eigenvalue weighted by atomic mass is 9.96. The topological polar surface area (TPSA) is 71.7 Å². The first-order valence-electron chi connectivity index (χ1n) is 8.40. The van der Waals surface area contributed by atoms with Crippen molar-refractivity contribution in [3.63, 3.8) is 0 Å². The van der Waals surface area contributed by atoms with Gasteiger partial charge >= 0.3 is 0 Å². The molecule has 24 heavy (non-hydrogen) atoms. The summed E-state index contributed by atoms with van der Waals surface area (Å²) >= 11 is 0. The smallest absolute Gasteiger partial charge is 0.128 e. The van der Waals surface area contributed by atoms with Gasteiger partial charge in [0.05, 0.1) is 0 Å². The van der Waals surface area contributed by atoms with Crippen LogP contribution in [0.3, 0.4) is 0 Å². The van der Waals surface area contributed by atoms with Crippen LogP contribution >= 0.6 is 0 Å². The van der Waals surface area contributed by atoms with Crippen molar-refractivity contribution in [1.29, 1.82) is 0 Å². The highest BCUT2D eigenvalue weighted by Gasteiger charge is 2.43. The number of aromatic nitrogens is 1. The van der Waals surface area contributed by atoms with Gasteiger partial charge in [0.25, 0.3) is 0 Å². The molecule has 1 unspecified atom stereocenters. The van der Waals surface area contributed by atoms with Gasteiger partial charge in [-0.05, 0) is 31.4 Å². The number of anilines is 1. The Bertz CT molecular complexity index is 606. The Morgan fingerprint density at radius 1 is 1.29 bits per heavy atom. The van der Waals surface area contributed by atoms with Crippen LogP contribution in [-0.2, 0) is 15.7 Å². The zero-order chi connectivity index (χ0) is 17.2. The fourth-order valence-corrected chi connectivity index (χ4v) is 5.02. The first-order valence-corrected chi connectivity index (χ1v) is 9.51. The van der Waals surface area contributed by atoms with Gasteiger partial charge in [0.1, 0.15) is 21.6 Å². The Hall–Kier alpha value is -1.44. The SMILES string of the molecule is C=C(N)C1(S(=O)N2CCN(c3ccc(C)cn3)CC2)CCOCC1. The molecule has 7 heteroatoms. The summed E-state index contributed by atoms with van der Waals surface area (Å²) in [7, 11) is -1.17. The summed E-state index contributed by atoms with van der Waals surface area (Å²) in [4.78, 5) is 6.72. The van der Waals surface area contributed by atoms with E-state index in [2.05, 4.69) is 22.5 Å². The number of rotatable bonds is 4. The van der Waals surface area contributed by atoms with E-state index in [1.54, 1.807) is 0 Å². The van der Waals surface area contributed by atoms with Crippen molar-refractivity contribution in [2.45, 2.75) is 24.5 Å². The summed E-state index contributed by atoms with van der Waals surface area (Å²) in [6.45, 7) is 10.2. The fourth-order valence-electron chi connectivity index (χ4n) is 3.29. The summed E-state index contributed by atoms with van der Waals surface area (Å²) in [5.74, 6) is 0.982. The predicted octanol–water partition coefficient (Wildman–Crippen LogP) is 1.20. The number of nitrogens with zero attached hydrogens (tertiary/aromatic N) is 3. The maximum Gasteiger partial charge on any atom is 0.128 e. The van der Waals surface area contributed by atoms with Crippen LogP contribution in [0.25, 0.3) is 0 Å². The number of pyridine rings is 1. The number of nitrogens with two attached hydrogens (primary N) is 1. The highest BCUT2D eigenvalue weighted by molar-refractivity contribution is 7.84. The number of piperazine rings is 1. The van der Waals surface area contributed by atoms with E-state index in [0.717, 1.165) is 37.6 Å². The number of hydrogen-bond acceptors (Lipinski definition) is 5. The molecule has 2 N–H and O–H groups in total. The van der Waals surface area contributed by atoms with Gasteiger partial charge in [-0.15, -0.1) is 0 Å². The lowest BCUT2D eigenvalue weighted by molar-refractivity contribution is 0.0822. The lowest BCUT2D eigenvalue weighted by Gasteiger charge is -2.42. The molecule has 1 aromatic rings. The molecule has 3 rings (SSSR count). The second-order valence-electron chi connectivity index (χ2n) is 6.49. The van der Waals surface area contributed by atoms with E-state index in [9.17, 15) is 4.21 Å². The van der Waals surface area contributed by atoms with Crippen LogP contribution in [0, 0.1) is 6.92 Å². The van der Waals surface area contributed by atoms with Gasteiger partial charge in [0.15, 0.2) is 0 Å². The van der Waals surface area contributed by atoms with Crippen LogP contribution in [0.1, 0.15) is 18.4 Å². The van der Waals surface area contributed by atoms with E-state index >= 15 is 0 Å². The Balaban J connectivity index is 1.66. The maximum atomic E-state index is 13.2. The van der Waals surface area contributed by atoms with Gasteiger partial charge in [0, 0.05) is 51.3 Å². The van der Waals surface area contributed by atoms with E-state index in [0.29, 0.717) is 31.8 Å². The summed E-state index contributed by atoms with van der Waals surface area (Å²) in [5, 5.41) is 0. The summed E-state index contributed by atoms with van der Waals surface area (Å²) in [5.41, 5.74) is 7.73. The Morgan fingerprint density at radius 3 is 2.50 bits per heavy atom. The van der Waals surface area contributed by atoms with Crippen LogP contribution in [0.5, 0.6) is 0 Å². The van der Waals surface area contributed by atoms with Gasteiger partial charge in [-0.2, -0.15) is 0 Å². The van der Waals surface area contributed by atoms with Crippen LogP contribution < -0.4 is 10.6 Å². The van der Waals surface area contributed by atoms with Gasteiger partial charge < -0.3 is 15.4 Å². The molecule has 2 aliphatic rings. The third-order valence-electron chi connectivity index (χ3n) is 4.91. The third kappa shape index (κ3) is 3.34. The molecule has 0 radical (unpaired) electrons. The Kier molecular flexibility index (Phi) is 5.22. The molecule has 1 atom stereocenters. The minimum Gasteiger partial charge on any atom is -0.401 e. The first-order chi connectivity index (χ1) is 11.5. The molecule has 6 nitrogen and oxygen atoms in total. The molecule has 0 amide bonds. The molecule has 0 spiro atoms. The molecular formula is C17H26N4O2S. The normalized spacial score (nSPS) is 23.0. The van der Waals surface area contributed by atoms with Crippen molar-refractivity contribution in [2.24, 2.45) is 5.73 Å². The number of aryl methyl sites for hydroxylation is 1. The van der Waals surface area contributed by atoms with Crippen molar-refractivity contribution in [2.75, 3.05) is 44.3 Å². The summed E-state index contributed by atoms with van der Waals surface area (Å²) in [6, 6.07) is 4.12. The fraction of sp³-hybridized carbons (Fsp3) is 0.588. The molecule has 132 valence electrons. The predicted molar refractivity (Wildman–Crippen MR) is 97.0 cm³/mol. The molecule has 0 saturated carbocycles. The van der Waals surface area contributed by atoms with Crippen molar-refractivity contribution in [1.82, 2.24) is 9.29 Å². The zero-order valence-electron chi connectivity index (χ0n) is 14.2. The Morgan fingerprint density at radius 2 is 1.96 bits per heavy atom. The van der Waals surface area contributed by atoms with E-state index in [1.165, 1.54) is 0 Å². The molecule has 2 saturated heterocycles. The first kappa shape index (κ1) is 17.4. The minimum atomic E-state index is -1.17. The second-order valence-corrected chi connectivity index (χ2v) is 8.29. The quantitative estimate of drug-likeness (QED) is 0.883. The van der Waals surface area contributed by atoms with Crippen molar-refractivity contribution < 1.29 is 8.95 Å². The maximum absolute atomic E-state index is 13.2. The van der Waals surface area contributed by atoms with Crippen molar-refractivity contribution in [3.8, 4) is 0 Å². The zero-order valence-corrected chi connectivity index (χ0v) is 15.1. The molecule has 0 aliphatic carbocycles. The van der Waals surface area contributed by atoms with E-state index in [1.807, 2.05) is 23.5 Å². The van der Waals surface area contributed by atoms with Crippen LogP contribution in [-0.4, -0.2) is 57.6 Å². The van der Waals surface area contributed by atoms with Gasteiger partial charge in [0.2, 0.25) is 0 Å². The number of hydrogen-bond donors (Lipinski definition) is 1. The summed E-state index contributed by atoms with van der Waals surface area (Å²) in [6.07, 6.45) is 3.23. The molecule has 3 heterocycles. The standard InChI is InChI=1S/C17H26N4O2S/c1-14-3-4-16(19-13-14)20-7-9-21(10-8-20)24(22)17(15(2)18)5-11-23-12-6-17/h3-4,13H,2,5-12,18H2,1H3. The molecule has 0 bridgehead atoms. The van der Waals surface area contributed by atoms with Crippen molar-refractivity contribution >= 4 is 16.8 Å². The monoisotopic (exact) mass is 350 g/mol. The molecule has 2 aliphatic heterocycles. The molecule has 0 aromatic carbocycles. The van der Waals surface area contributed by atoms with Crippen LogP contribution in [0.2, 0.25) is 0 Å². The van der Waals surface area contributed by atoms with E-state index in [-0.39, 0.29) is 0 Å². The van der Waals surface area contributed by atoms with E-state index in [4.69, 9.17) is 10.5 Å². The largest absolute Gasteiger partial charge is 0.401 e. The average Bonchev–Trinajstić information content (AvgIpc) is 2.62. The van der Waals surface area contributed by atoms with Crippen LogP contribution in [0.15, 0.2) is 30.6 Å². The molecule has 2 fully saturated rings. The minimum absolute atomic E-state index is 0.520. The van der Waals surface area contributed by atoms with Gasteiger partial charge in [-0.1, -0.05) is 12.6 Å². The highest BCUT2D eigenvalue weighted by atomic mass is 32.2. The Labute approximate surface area is 146 Å². The van der Waals surface area contributed by atoms with Gasteiger partial charge in [-0.3, -0.25) is 0 Å². The van der Waals surface area contributed by atoms with Crippen molar-refractivity contribution in [3.05, 3.63) is 36.2 Å². The number of ether oxygens (including phenoxy) is 1. The molecular weight excluding hydrogens is 324 g/mol. The summed E-state index contributed by atoms with van der Waals surface area (Å²) < 4.78 is 20.1. The highest BCUT2D eigenvalue weighted by Crippen LogP contribution is 2.34. The molecule has 1 aromatic heterocycles. The lowest BCUT2D eigenvalue weighted by Crippen LogP contribution is -2.55. The third-order valence-corrected chi connectivity index (χ3v) is 7.09. The second kappa shape index (κ2) is 7.21. The van der Waals surface area contributed by atoms with Gasteiger partial charge in [-0.25, -0.2) is 13.5 Å².